The van der Waals surface area contributed by atoms with E-state index in [1.807, 2.05) is 0 Å². The van der Waals surface area contributed by atoms with Crippen LogP contribution in [0.5, 0.6) is 11.5 Å². The molecule has 2 N–H and O–H groups in total. The first-order valence-corrected chi connectivity index (χ1v) is 7.27. The van der Waals surface area contributed by atoms with E-state index in [2.05, 4.69) is 5.32 Å². The Hall–Kier alpha value is -3.47. The normalized spacial score (nSPS) is 12.0. The molecule has 0 bridgehead atoms. The number of aliphatic hydroxyl groups excluding tert-OH is 1. The van der Waals surface area contributed by atoms with Crippen LogP contribution in [0.15, 0.2) is 59.9 Å². The number of carbonyl (C=O) groups is 1. The van der Waals surface area contributed by atoms with Crippen LogP contribution in [0, 0.1) is 11.3 Å². The highest BCUT2D eigenvalue weighted by Crippen LogP contribution is 2.31. The van der Waals surface area contributed by atoms with Crippen LogP contribution < -0.4 is 10.1 Å². The molecule has 0 fully saturated rings. The number of allylic oxidation sites excluding steroid dienone is 1. The minimum Gasteiger partial charge on any atom is -0.511 e. The van der Waals surface area contributed by atoms with Crippen molar-refractivity contribution < 1.29 is 27.8 Å². The first kappa shape index (κ1) is 18.9. The van der Waals surface area contributed by atoms with Gasteiger partial charge in [-0.2, -0.15) is 18.4 Å². The molecule has 0 spiro atoms. The van der Waals surface area contributed by atoms with Crippen LogP contribution in [0.25, 0.3) is 0 Å². The van der Waals surface area contributed by atoms with Crippen LogP contribution in [0.1, 0.15) is 12.5 Å². The number of alkyl halides is 3. The van der Waals surface area contributed by atoms with Crippen LogP contribution >= 0.6 is 0 Å². The smallest absolute Gasteiger partial charge is 0.416 e. The van der Waals surface area contributed by atoms with Crippen LogP contribution in [-0.2, 0) is 11.0 Å². The minimum absolute atomic E-state index is 0.223. The standard InChI is InChI=1S/C18H13F3N2O3/c1-11(24)16(10-22)17(25)23-13-4-8-15(9-5-13)26-14-6-2-12(3-7-14)18(19,20)21/h2-9,24H,1H3,(H,23,25). The number of anilines is 1. The molecule has 0 saturated carbocycles. The number of nitrogens with zero attached hydrogens (tertiary/aromatic N) is 1. The average Bonchev–Trinajstić information content (AvgIpc) is 2.56. The van der Waals surface area contributed by atoms with E-state index in [0.29, 0.717) is 11.4 Å². The minimum atomic E-state index is -4.41. The Morgan fingerprint density at radius 2 is 1.58 bits per heavy atom. The van der Waals surface area contributed by atoms with Gasteiger partial charge in [0.15, 0.2) is 5.57 Å². The molecular formula is C18H13F3N2O3. The van der Waals surface area contributed by atoms with Gasteiger partial charge in [-0.05, 0) is 55.5 Å². The van der Waals surface area contributed by atoms with Crippen LogP contribution in [-0.4, -0.2) is 11.0 Å². The maximum absolute atomic E-state index is 12.5. The second-order valence-corrected chi connectivity index (χ2v) is 5.17. The van der Waals surface area contributed by atoms with Gasteiger partial charge in [-0.15, -0.1) is 0 Å². The van der Waals surface area contributed by atoms with Crippen LogP contribution in [0.2, 0.25) is 0 Å². The highest BCUT2D eigenvalue weighted by atomic mass is 19.4. The maximum atomic E-state index is 12.5. The SMILES string of the molecule is CC(O)=C(C#N)C(=O)Nc1ccc(Oc2ccc(C(F)(F)F)cc2)cc1. The highest BCUT2D eigenvalue weighted by molar-refractivity contribution is 6.06. The summed E-state index contributed by atoms with van der Waals surface area (Å²) in [6.07, 6.45) is -4.41. The lowest BCUT2D eigenvalue weighted by atomic mass is 10.2. The molecule has 5 nitrogen and oxygen atoms in total. The quantitative estimate of drug-likeness (QED) is 0.465. The predicted molar refractivity (Wildman–Crippen MR) is 87.5 cm³/mol. The second kappa shape index (κ2) is 7.61. The van der Waals surface area contributed by atoms with Gasteiger partial charge in [0, 0.05) is 5.69 Å². The van der Waals surface area contributed by atoms with Crippen molar-refractivity contribution in [2.75, 3.05) is 5.32 Å². The lowest BCUT2D eigenvalue weighted by Gasteiger charge is -2.10. The Balaban J connectivity index is 2.05. The number of nitrogens with one attached hydrogen (secondary N) is 1. The molecule has 1 amide bonds. The van der Waals surface area contributed by atoms with Gasteiger partial charge in [-0.25, -0.2) is 0 Å². The van der Waals surface area contributed by atoms with Gasteiger partial charge in [0.1, 0.15) is 23.3 Å². The summed E-state index contributed by atoms with van der Waals surface area (Å²) in [7, 11) is 0. The second-order valence-electron chi connectivity index (χ2n) is 5.17. The predicted octanol–water partition coefficient (Wildman–Crippen LogP) is 4.79. The molecule has 0 aliphatic carbocycles. The van der Waals surface area contributed by atoms with E-state index in [0.717, 1.165) is 12.1 Å². The molecule has 2 aromatic carbocycles. The van der Waals surface area contributed by atoms with Gasteiger partial charge in [0.05, 0.1) is 5.56 Å². The number of carbonyl (C=O) groups excluding carboxylic acids is 1. The maximum Gasteiger partial charge on any atom is 0.416 e. The van der Waals surface area contributed by atoms with E-state index in [1.165, 1.54) is 43.3 Å². The molecule has 0 atom stereocenters. The first-order valence-electron chi connectivity index (χ1n) is 7.27. The van der Waals surface area contributed by atoms with Gasteiger partial charge in [-0.1, -0.05) is 0 Å². The number of nitriles is 1. The summed E-state index contributed by atoms with van der Waals surface area (Å²) in [4.78, 5) is 11.8. The number of amides is 1. The molecule has 0 aliphatic heterocycles. The van der Waals surface area contributed by atoms with Crippen LogP contribution in [0.4, 0.5) is 18.9 Å². The van der Waals surface area contributed by atoms with E-state index >= 15 is 0 Å². The molecule has 0 unspecified atom stereocenters. The lowest BCUT2D eigenvalue weighted by molar-refractivity contribution is -0.137. The molecule has 0 saturated heterocycles. The number of ether oxygens (including phenoxy) is 1. The zero-order valence-corrected chi connectivity index (χ0v) is 13.5. The summed E-state index contributed by atoms with van der Waals surface area (Å²) in [5, 5.41) is 20.5. The van der Waals surface area contributed by atoms with E-state index in [4.69, 9.17) is 10.00 Å². The fraction of sp³-hybridized carbons (Fsp3) is 0.111. The summed E-state index contributed by atoms with van der Waals surface area (Å²) in [6, 6.07) is 11.8. The summed E-state index contributed by atoms with van der Waals surface area (Å²) < 4.78 is 43.0. The summed E-state index contributed by atoms with van der Waals surface area (Å²) in [5.74, 6) is -0.589. The zero-order valence-electron chi connectivity index (χ0n) is 13.5. The van der Waals surface area contributed by atoms with E-state index in [-0.39, 0.29) is 5.75 Å². The molecule has 2 aromatic rings. The average molecular weight is 362 g/mol. The highest BCUT2D eigenvalue weighted by Gasteiger charge is 2.30. The van der Waals surface area contributed by atoms with E-state index < -0.39 is 29.0 Å². The summed E-state index contributed by atoms with van der Waals surface area (Å²) >= 11 is 0. The van der Waals surface area contributed by atoms with Gasteiger partial charge in [0.2, 0.25) is 0 Å². The first-order chi connectivity index (χ1) is 12.2. The number of benzene rings is 2. The zero-order chi connectivity index (χ0) is 19.3. The number of aliphatic hydroxyl groups is 1. The van der Waals surface area contributed by atoms with Crippen molar-refractivity contribution in [2.45, 2.75) is 13.1 Å². The van der Waals surface area contributed by atoms with Crippen molar-refractivity contribution in [2.24, 2.45) is 0 Å². The molecule has 134 valence electrons. The number of rotatable bonds is 4. The molecule has 0 heterocycles. The van der Waals surface area contributed by atoms with Gasteiger partial charge >= 0.3 is 6.18 Å². The molecule has 26 heavy (non-hydrogen) atoms. The summed E-state index contributed by atoms with van der Waals surface area (Å²) in [5.41, 5.74) is -0.831. The molecule has 0 aliphatic rings. The Labute approximate surface area is 146 Å². The Morgan fingerprint density at radius 3 is 2.00 bits per heavy atom. The molecule has 0 radical (unpaired) electrons. The van der Waals surface area contributed by atoms with Crippen molar-refractivity contribution in [3.63, 3.8) is 0 Å². The number of hydrogen-bond donors (Lipinski definition) is 2. The molecule has 0 aromatic heterocycles. The van der Waals surface area contributed by atoms with Crippen LogP contribution in [0.3, 0.4) is 0 Å². The van der Waals surface area contributed by atoms with Crippen molar-refractivity contribution in [3.8, 4) is 17.6 Å². The summed E-state index contributed by atoms with van der Waals surface area (Å²) in [6.45, 7) is 1.22. The topological polar surface area (TPSA) is 82.3 Å². The third kappa shape index (κ3) is 4.77. The third-order valence-electron chi connectivity index (χ3n) is 3.23. The Morgan fingerprint density at radius 1 is 1.08 bits per heavy atom. The van der Waals surface area contributed by atoms with Gasteiger partial charge < -0.3 is 15.2 Å². The monoisotopic (exact) mass is 362 g/mol. The molecule has 2 rings (SSSR count). The molecule has 8 heteroatoms. The van der Waals surface area contributed by atoms with Crippen molar-refractivity contribution in [3.05, 3.63) is 65.4 Å². The fourth-order valence-corrected chi connectivity index (χ4v) is 1.94. The Kier molecular flexibility index (Phi) is 5.52. The van der Waals surface area contributed by atoms with Crippen molar-refractivity contribution in [1.29, 1.82) is 5.26 Å². The molecular weight excluding hydrogens is 349 g/mol. The van der Waals surface area contributed by atoms with E-state index in [1.54, 1.807) is 6.07 Å². The van der Waals surface area contributed by atoms with Crippen molar-refractivity contribution in [1.82, 2.24) is 0 Å². The third-order valence-corrected chi connectivity index (χ3v) is 3.23. The number of halogens is 3. The lowest BCUT2D eigenvalue weighted by Crippen LogP contribution is -2.14. The van der Waals surface area contributed by atoms with Gasteiger partial charge in [0.25, 0.3) is 5.91 Å². The van der Waals surface area contributed by atoms with Crippen molar-refractivity contribution >= 4 is 11.6 Å². The van der Waals surface area contributed by atoms with Gasteiger partial charge in [-0.3, -0.25) is 4.79 Å². The number of hydrogen-bond acceptors (Lipinski definition) is 4. The Bertz CT molecular complexity index is 861. The van der Waals surface area contributed by atoms with E-state index in [9.17, 15) is 23.1 Å². The fourth-order valence-electron chi connectivity index (χ4n) is 1.94. The largest absolute Gasteiger partial charge is 0.511 e.